The van der Waals surface area contributed by atoms with Gasteiger partial charge in [-0.15, -0.1) is 0 Å². The zero-order valence-electron chi connectivity index (χ0n) is 13.7. The van der Waals surface area contributed by atoms with Crippen molar-refractivity contribution in [2.24, 2.45) is 0 Å². The van der Waals surface area contributed by atoms with Gasteiger partial charge in [-0.2, -0.15) is 5.10 Å². The van der Waals surface area contributed by atoms with Gasteiger partial charge in [-0.3, -0.25) is 4.79 Å². The van der Waals surface area contributed by atoms with Crippen LogP contribution in [0.25, 0.3) is 5.69 Å². The third-order valence-electron chi connectivity index (χ3n) is 3.93. The van der Waals surface area contributed by atoms with E-state index in [1.807, 2.05) is 13.8 Å². The van der Waals surface area contributed by atoms with Gasteiger partial charge in [-0.1, -0.05) is 11.6 Å². The van der Waals surface area contributed by atoms with E-state index in [9.17, 15) is 4.79 Å². The van der Waals surface area contributed by atoms with Gasteiger partial charge in [0.15, 0.2) is 6.54 Å². The molecule has 1 aromatic heterocycles. The highest BCUT2D eigenvalue weighted by Gasteiger charge is 2.27. The summed E-state index contributed by atoms with van der Waals surface area (Å²) < 4.78 is 7.31. The van der Waals surface area contributed by atoms with Gasteiger partial charge in [0, 0.05) is 5.02 Å². The maximum absolute atomic E-state index is 12.5. The molecule has 0 spiro atoms. The summed E-state index contributed by atoms with van der Waals surface area (Å²) in [6.45, 7) is 6.11. The van der Waals surface area contributed by atoms with Crippen LogP contribution in [0.3, 0.4) is 0 Å². The van der Waals surface area contributed by atoms with Crippen LogP contribution in [0.2, 0.25) is 5.02 Å². The topological polar surface area (TPSA) is 73.5 Å². The molecule has 0 unspecified atom stereocenters. The Morgan fingerprint density at radius 1 is 1.42 bits per heavy atom. The summed E-state index contributed by atoms with van der Waals surface area (Å²) in [7, 11) is 0. The van der Waals surface area contributed by atoms with E-state index in [0.29, 0.717) is 17.3 Å². The van der Waals surface area contributed by atoms with Crippen LogP contribution in [0.15, 0.2) is 30.9 Å². The number of nitrogens with zero attached hydrogens (tertiary/aromatic N) is 3. The Labute approximate surface area is 145 Å². The molecule has 0 saturated carbocycles. The summed E-state index contributed by atoms with van der Waals surface area (Å²) in [5, 5.41) is 7.60. The van der Waals surface area contributed by atoms with Crippen molar-refractivity contribution in [3.63, 3.8) is 0 Å². The first kappa shape index (κ1) is 16.9. The van der Waals surface area contributed by atoms with Crippen LogP contribution >= 0.6 is 11.6 Å². The Bertz CT molecular complexity index is 696. The van der Waals surface area contributed by atoms with Gasteiger partial charge in [0.05, 0.1) is 11.4 Å². The fourth-order valence-corrected chi connectivity index (χ4v) is 3.27. The number of carbonyl (C=O) groups excluding carboxylic acids is 1. The molecule has 3 rings (SSSR count). The first-order valence-corrected chi connectivity index (χ1v) is 8.32. The smallest absolute Gasteiger partial charge is 0.279 e. The highest BCUT2D eigenvalue weighted by molar-refractivity contribution is 6.31. The molecule has 8 heteroatoms. The van der Waals surface area contributed by atoms with E-state index in [2.05, 4.69) is 15.4 Å². The number of morpholine rings is 1. The number of benzene rings is 1. The molecule has 0 aliphatic carbocycles. The normalized spacial score (nSPS) is 23.9. The van der Waals surface area contributed by atoms with Gasteiger partial charge < -0.3 is 15.0 Å². The molecule has 1 aliphatic rings. The third-order valence-corrected chi connectivity index (χ3v) is 4.16. The summed E-state index contributed by atoms with van der Waals surface area (Å²) in [6.07, 6.45) is 3.35. The van der Waals surface area contributed by atoms with E-state index in [1.54, 1.807) is 29.2 Å². The average molecular weight is 351 g/mol. The standard InChI is InChI=1S/C16H20ClN5O2/c1-11-6-21(7-12(2)24-11)8-16(23)20-14-5-13(17)3-4-15(14)22-10-18-9-19-22/h3-5,9-12H,6-8H2,1-2H3,(H,20,23)/p+1/t11-,12-/m0/s1. The van der Waals surface area contributed by atoms with Crippen LogP contribution in [0.4, 0.5) is 5.69 Å². The Morgan fingerprint density at radius 3 is 2.83 bits per heavy atom. The van der Waals surface area contributed by atoms with Crippen molar-refractivity contribution in [2.75, 3.05) is 25.0 Å². The molecule has 0 bridgehead atoms. The largest absolute Gasteiger partial charge is 0.364 e. The van der Waals surface area contributed by atoms with Crippen LogP contribution in [0, 0.1) is 0 Å². The van der Waals surface area contributed by atoms with Crippen LogP contribution in [-0.4, -0.2) is 52.5 Å². The number of ether oxygens (including phenoxy) is 1. The maximum Gasteiger partial charge on any atom is 0.279 e. The summed E-state index contributed by atoms with van der Waals surface area (Å²) in [5.41, 5.74) is 1.34. The molecule has 7 nitrogen and oxygen atoms in total. The first-order chi connectivity index (χ1) is 11.5. The minimum atomic E-state index is -0.0602. The number of rotatable bonds is 4. The molecule has 2 aromatic rings. The number of nitrogens with one attached hydrogen (secondary N) is 2. The Morgan fingerprint density at radius 2 is 2.17 bits per heavy atom. The lowest BCUT2D eigenvalue weighted by atomic mass is 10.2. The minimum Gasteiger partial charge on any atom is -0.364 e. The second kappa shape index (κ2) is 7.29. The lowest BCUT2D eigenvalue weighted by Crippen LogP contribution is -3.16. The quantitative estimate of drug-likeness (QED) is 0.844. The Balaban J connectivity index is 1.71. The predicted molar refractivity (Wildman–Crippen MR) is 90.6 cm³/mol. The van der Waals surface area contributed by atoms with Crippen molar-refractivity contribution in [2.45, 2.75) is 26.1 Å². The summed E-state index contributed by atoms with van der Waals surface area (Å²) in [4.78, 5) is 17.6. The van der Waals surface area contributed by atoms with E-state index in [0.717, 1.165) is 18.8 Å². The average Bonchev–Trinajstić information content (AvgIpc) is 3.00. The molecule has 1 aromatic carbocycles. The van der Waals surface area contributed by atoms with Gasteiger partial charge in [0.1, 0.15) is 38.0 Å². The second-order valence-electron chi connectivity index (χ2n) is 6.14. The van der Waals surface area contributed by atoms with E-state index >= 15 is 0 Å². The lowest BCUT2D eigenvalue weighted by molar-refractivity contribution is -0.907. The number of aromatic nitrogens is 3. The summed E-state index contributed by atoms with van der Waals surface area (Å²) in [5.74, 6) is -0.0602. The van der Waals surface area contributed by atoms with E-state index in [4.69, 9.17) is 16.3 Å². The summed E-state index contributed by atoms with van der Waals surface area (Å²) in [6, 6.07) is 5.28. The molecule has 1 fully saturated rings. The molecule has 2 N–H and O–H groups in total. The fraction of sp³-hybridized carbons (Fsp3) is 0.438. The molecule has 1 saturated heterocycles. The zero-order valence-corrected chi connectivity index (χ0v) is 14.5. The van der Waals surface area contributed by atoms with E-state index in [1.165, 1.54) is 11.2 Å². The highest BCUT2D eigenvalue weighted by Crippen LogP contribution is 2.23. The molecule has 2 heterocycles. The molecule has 1 aliphatic heterocycles. The van der Waals surface area contributed by atoms with Crippen LogP contribution in [-0.2, 0) is 9.53 Å². The molecule has 2 atom stereocenters. The molecular formula is C16H21ClN5O2+. The highest BCUT2D eigenvalue weighted by atomic mass is 35.5. The van der Waals surface area contributed by atoms with Gasteiger partial charge in [0.2, 0.25) is 0 Å². The SMILES string of the molecule is C[C@H]1C[NH+](CC(=O)Nc2cc(Cl)ccc2-n2cncn2)C[C@H](C)O1. The summed E-state index contributed by atoms with van der Waals surface area (Å²) >= 11 is 6.07. The number of quaternary nitrogens is 1. The monoisotopic (exact) mass is 350 g/mol. The predicted octanol–water partition coefficient (Wildman–Crippen LogP) is 0.551. The van der Waals surface area contributed by atoms with Crippen molar-refractivity contribution in [1.29, 1.82) is 0 Å². The minimum absolute atomic E-state index is 0.0602. The van der Waals surface area contributed by atoms with Crippen molar-refractivity contribution >= 4 is 23.2 Å². The van der Waals surface area contributed by atoms with Crippen molar-refractivity contribution in [3.05, 3.63) is 35.9 Å². The number of hydrogen-bond acceptors (Lipinski definition) is 4. The van der Waals surface area contributed by atoms with E-state index < -0.39 is 0 Å². The molecule has 128 valence electrons. The van der Waals surface area contributed by atoms with E-state index in [-0.39, 0.29) is 18.1 Å². The van der Waals surface area contributed by atoms with Crippen molar-refractivity contribution < 1.29 is 14.4 Å². The number of anilines is 1. The van der Waals surface area contributed by atoms with Gasteiger partial charge in [-0.05, 0) is 32.0 Å². The third kappa shape index (κ3) is 4.11. The lowest BCUT2D eigenvalue weighted by Gasteiger charge is -2.31. The molecular weight excluding hydrogens is 330 g/mol. The van der Waals surface area contributed by atoms with Gasteiger partial charge >= 0.3 is 0 Å². The molecule has 24 heavy (non-hydrogen) atoms. The second-order valence-corrected chi connectivity index (χ2v) is 6.58. The van der Waals surface area contributed by atoms with Crippen molar-refractivity contribution in [1.82, 2.24) is 14.8 Å². The van der Waals surface area contributed by atoms with Gasteiger partial charge in [0.25, 0.3) is 5.91 Å². The Hall–Kier alpha value is -1.96. The number of carbonyl (C=O) groups is 1. The van der Waals surface area contributed by atoms with Crippen LogP contribution < -0.4 is 10.2 Å². The van der Waals surface area contributed by atoms with Crippen molar-refractivity contribution in [3.8, 4) is 5.69 Å². The number of amides is 1. The number of halogens is 1. The maximum atomic E-state index is 12.5. The zero-order chi connectivity index (χ0) is 17.1. The van der Waals surface area contributed by atoms with Crippen LogP contribution in [0.5, 0.6) is 0 Å². The van der Waals surface area contributed by atoms with Crippen LogP contribution in [0.1, 0.15) is 13.8 Å². The molecule has 1 amide bonds. The van der Waals surface area contributed by atoms with Gasteiger partial charge in [-0.25, -0.2) is 9.67 Å². The molecule has 0 radical (unpaired) electrons. The first-order valence-electron chi connectivity index (χ1n) is 7.94. The number of hydrogen-bond donors (Lipinski definition) is 2. The Kier molecular flexibility index (Phi) is 5.13. The fourth-order valence-electron chi connectivity index (χ4n) is 3.10.